The van der Waals surface area contributed by atoms with Crippen LogP contribution in [0, 0.1) is 16.2 Å². The number of benzene rings is 2. The number of hydrogen-bond acceptors (Lipinski definition) is 10. The molecule has 0 atom stereocenters. The number of allylic oxidation sites excluding steroid dienone is 4. The second kappa shape index (κ2) is 19.6. The average molecular weight is 761 g/mol. The number of esters is 2. The van der Waals surface area contributed by atoms with Gasteiger partial charge in [-0.15, -0.1) is 26.3 Å². The highest BCUT2D eigenvalue weighted by Crippen LogP contribution is 2.39. The van der Waals surface area contributed by atoms with E-state index in [0.29, 0.717) is 65.0 Å². The van der Waals surface area contributed by atoms with Crippen molar-refractivity contribution in [3.63, 3.8) is 0 Å². The fraction of sp³-hybridized carbons (Fsp3) is 0.511. The zero-order valence-corrected chi connectivity index (χ0v) is 33.2. The van der Waals surface area contributed by atoms with Crippen LogP contribution in [-0.4, -0.2) is 74.4 Å². The van der Waals surface area contributed by atoms with E-state index in [1.165, 1.54) is 0 Å². The Hall–Kier alpha value is -4.22. The predicted octanol–water partition coefficient (Wildman–Crippen LogP) is 7.45. The van der Waals surface area contributed by atoms with Crippen LogP contribution in [0.15, 0.2) is 74.9 Å². The summed E-state index contributed by atoms with van der Waals surface area (Å²) in [4.78, 5) is 25.6. The first-order valence-corrected chi connectivity index (χ1v) is 19.0. The Kier molecular flexibility index (Phi) is 15.5. The summed E-state index contributed by atoms with van der Waals surface area (Å²) in [6.45, 7) is 24.5. The molecule has 10 heteroatoms. The number of carbonyl (C=O) groups excluding carboxylic acids is 2. The molecule has 10 nitrogen and oxygen atoms in total. The Labute approximate surface area is 326 Å². The minimum absolute atomic E-state index is 0.117. The Bertz CT molecular complexity index is 1480. The summed E-state index contributed by atoms with van der Waals surface area (Å²) >= 11 is 0. The van der Waals surface area contributed by atoms with Crippen LogP contribution in [-0.2, 0) is 76.5 Å². The molecule has 0 aliphatic carbocycles. The molecule has 2 fully saturated rings. The summed E-state index contributed by atoms with van der Waals surface area (Å²) in [5.74, 6) is -0.172. The first kappa shape index (κ1) is 43.5. The Morgan fingerprint density at radius 1 is 0.636 bits per heavy atom. The van der Waals surface area contributed by atoms with Crippen molar-refractivity contribution < 1.29 is 48.2 Å². The summed E-state index contributed by atoms with van der Waals surface area (Å²) in [5.41, 5.74) is 3.24. The minimum Gasteiger partial charge on any atom is -0.507 e. The lowest BCUT2D eigenvalue weighted by molar-refractivity contribution is -0.337. The summed E-state index contributed by atoms with van der Waals surface area (Å²) in [7, 11) is 0. The summed E-state index contributed by atoms with van der Waals surface area (Å²) in [6.07, 6.45) is 9.21. The molecule has 0 unspecified atom stereocenters. The minimum atomic E-state index is -0.612. The van der Waals surface area contributed by atoms with Crippen LogP contribution in [0.25, 0.3) is 0 Å². The van der Waals surface area contributed by atoms with Gasteiger partial charge in [-0.05, 0) is 71.9 Å². The zero-order chi connectivity index (χ0) is 40.2. The van der Waals surface area contributed by atoms with E-state index in [9.17, 15) is 19.8 Å². The molecule has 1 spiro atoms. The van der Waals surface area contributed by atoms with Crippen molar-refractivity contribution in [1.29, 1.82) is 0 Å². The first-order valence-electron chi connectivity index (χ1n) is 19.0. The number of ether oxygens (including phenoxy) is 6. The van der Waals surface area contributed by atoms with Gasteiger partial charge in [0.05, 0.1) is 31.8 Å². The maximum Gasteiger partial charge on any atom is 0.306 e. The molecule has 2 N–H and O–H groups in total. The molecule has 2 aromatic carbocycles. The van der Waals surface area contributed by atoms with E-state index in [2.05, 4.69) is 26.3 Å². The molecule has 0 aromatic heterocycles. The quantitative estimate of drug-likeness (QED) is 0.104. The standard InChI is InChI=1S/C45H60O10/c1-9-13-33-21-31(22-34(14-10-2)39(33)48)17-19-37(46)50-25-43(5,6)41-52-27-45(28-53-41)29-54-42(55-30-45)44(7,8)26-51-38(47)20-18-32-23-35(15-11-3)40(49)36(24-32)16-12-4/h9-12,21-24,41-42,48-49H,1-4,13-20,25-30H2,5-8H3. The van der Waals surface area contributed by atoms with E-state index in [0.717, 1.165) is 33.4 Å². The van der Waals surface area contributed by atoms with Crippen molar-refractivity contribution in [2.45, 2.75) is 91.6 Å². The van der Waals surface area contributed by atoms with Gasteiger partial charge >= 0.3 is 11.9 Å². The Morgan fingerprint density at radius 2 is 0.927 bits per heavy atom. The third-order valence-electron chi connectivity index (χ3n) is 10.00. The van der Waals surface area contributed by atoms with Gasteiger partial charge in [0.15, 0.2) is 12.6 Å². The lowest BCUT2D eigenvalue weighted by atomic mass is 9.86. The smallest absolute Gasteiger partial charge is 0.306 e. The van der Waals surface area contributed by atoms with Gasteiger partial charge in [-0.2, -0.15) is 0 Å². The largest absolute Gasteiger partial charge is 0.507 e. The third kappa shape index (κ3) is 11.9. The van der Waals surface area contributed by atoms with Crippen molar-refractivity contribution in [3.8, 4) is 11.5 Å². The number of aryl methyl sites for hydroxylation is 2. The van der Waals surface area contributed by atoms with Gasteiger partial charge in [-0.25, -0.2) is 0 Å². The molecule has 0 saturated carbocycles. The van der Waals surface area contributed by atoms with Crippen molar-refractivity contribution in [1.82, 2.24) is 0 Å². The molecule has 2 aliphatic rings. The van der Waals surface area contributed by atoms with E-state index < -0.39 is 28.8 Å². The Morgan fingerprint density at radius 3 is 1.20 bits per heavy atom. The van der Waals surface area contributed by atoms with Gasteiger partial charge in [-0.3, -0.25) is 9.59 Å². The van der Waals surface area contributed by atoms with Crippen molar-refractivity contribution >= 4 is 11.9 Å². The molecule has 4 rings (SSSR count). The number of aromatic hydroxyl groups is 2. The SMILES string of the molecule is C=CCc1cc(CCC(=O)OCC(C)(C)C2OCC3(CO2)COC(C(C)(C)COC(=O)CCc2cc(CC=C)c(O)c(CC=C)c2)OC3)cc(CC=C)c1O. The van der Waals surface area contributed by atoms with E-state index in [1.54, 1.807) is 24.3 Å². The topological polar surface area (TPSA) is 130 Å². The van der Waals surface area contributed by atoms with Crippen molar-refractivity contribution in [2.24, 2.45) is 16.2 Å². The van der Waals surface area contributed by atoms with Crippen LogP contribution in [0.3, 0.4) is 0 Å². The lowest BCUT2D eigenvalue weighted by Crippen LogP contribution is -2.57. The van der Waals surface area contributed by atoms with Crippen LogP contribution in [0.1, 0.15) is 73.9 Å². The fourth-order valence-corrected chi connectivity index (χ4v) is 6.76. The van der Waals surface area contributed by atoms with Crippen LogP contribution in [0.2, 0.25) is 0 Å². The number of carbonyl (C=O) groups is 2. The molecular formula is C45H60O10. The van der Waals surface area contributed by atoms with Crippen LogP contribution >= 0.6 is 0 Å². The van der Waals surface area contributed by atoms with Crippen LogP contribution < -0.4 is 0 Å². The van der Waals surface area contributed by atoms with Crippen LogP contribution in [0.5, 0.6) is 11.5 Å². The average Bonchev–Trinajstić information content (AvgIpc) is 3.15. The monoisotopic (exact) mass is 760 g/mol. The van der Waals surface area contributed by atoms with Gasteiger partial charge in [0.1, 0.15) is 24.7 Å². The summed E-state index contributed by atoms with van der Waals surface area (Å²) in [6, 6.07) is 7.61. The van der Waals surface area contributed by atoms with Crippen LogP contribution in [0.4, 0.5) is 0 Å². The highest BCUT2D eigenvalue weighted by Gasteiger charge is 2.48. The number of phenols is 2. The maximum atomic E-state index is 12.8. The molecule has 2 saturated heterocycles. The van der Waals surface area contributed by atoms with Crippen molar-refractivity contribution in [2.75, 3.05) is 39.6 Å². The van der Waals surface area contributed by atoms with Gasteiger partial charge < -0.3 is 38.6 Å². The third-order valence-corrected chi connectivity index (χ3v) is 10.00. The lowest BCUT2D eigenvalue weighted by Gasteiger charge is -2.48. The van der Waals surface area contributed by atoms with E-state index in [-0.39, 0.29) is 49.5 Å². The normalized spacial score (nSPS) is 20.1. The summed E-state index contributed by atoms with van der Waals surface area (Å²) in [5, 5.41) is 21.1. The molecule has 55 heavy (non-hydrogen) atoms. The van der Waals surface area contributed by atoms with E-state index >= 15 is 0 Å². The zero-order valence-electron chi connectivity index (χ0n) is 33.2. The Balaban J connectivity index is 1.19. The summed E-state index contributed by atoms with van der Waals surface area (Å²) < 4.78 is 36.1. The second-order valence-electron chi connectivity index (χ2n) is 16.2. The second-order valence-corrected chi connectivity index (χ2v) is 16.2. The predicted molar refractivity (Wildman–Crippen MR) is 212 cm³/mol. The van der Waals surface area contributed by atoms with Gasteiger partial charge in [-0.1, -0.05) is 76.3 Å². The molecule has 0 bridgehead atoms. The van der Waals surface area contributed by atoms with Crippen molar-refractivity contribution in [3.05, 3.63) is 108 Å². The highest BCUT2D eigenvalue weighted by molar-refractivity contribution is 5.70. The maximum absolute atomic E-state index is 12.8. The van der Waals surface area contributed by atoms with E-state index in [1.807, 2.05) is 52.0 Å². The molecule has 0 radical (unpaired) electrons. The number of phenolic OH excluding ortho intramolecular Hbond substituents is 2. The molecule has 2 aromatic rings. The number of rotatable bonds is 20. The molecular weight excluding hydrogens is 700 g/mol. The molecule has 2 aliphatic heterocycles. The first-order chi connectivity index (χ1) is 26.2. The number of hydrogen-bond donors (Lipinski definition) is 2. The molecule has 300 valence electrons. The highest BCUT2D eigenvalue weighted by atomic mass is 16.7. The fourth-order valence-electron chi connectivity index (χ4n) is 6.76. The van der Waals surface area contributed by atoms with Gasteiger partial charge in [0.2, 0.25) is 0 Å². The van der Waals surface area contributed by atoms with Gasteiger partial charge in [0, 0.05) is 23.7 Å². The van der Waals surface area contributed by atoms with Gasteiger partial charge in [0.25, 0.3) is 0 Å². The van der Waals surface area contributed by atoms with E-state index in [4.69, 9.17) is 28.4 Å². The molecule has 2 heterocycles. The molecule has 0 amide bonds.